The summed E-state index contributed by atoms with van der Waals surface area (Å²) < 4.78 is 7.07. The van der Waals surface area contributed by atoms with Gasteiger partial charge in [-0.3, -0.25) is 0 Å². The Labute approximate surface area is 126 Å². The second kappa shape index (κ2) is 7.24. The zero-order chi connectivity index (χ0) is 15.2. The minimum Gasteiger partial charge on any atom is -0.383 e. The molecule has 0 radical (unpaired) electrons. The number of benzene rings is 1. The van der Waals surface area contributed by atoms with Crippen LogP contribution in [0.4, 0.5) is 5.82 Å². The molecule has 0 saturated carbocycles. The Morgan fingerprint density at radius 3 is 2.57 bits per heavy atom. The van der Waals surface area contributed by atoms with Gasteiger partial charge in [0.25, 0.3) is 0 Å². The minimum atomic E-state index is 0.711. The molecule has 1 aromatic carbocycles. The van der Waals surface area contributed by atoms with E-state index in [2.05, 4.69) is 43.4 Å². The minimum absolute atomic E-state index is 0.711. The normalized spacial score (nSPS) is 10.9. The average molecular weight is 288 g/mol. The van der Waals surface area contributed by atoms with Crippen molar-refractivity contribution in [3.63, 3.8) is 0 Å². The number of aromatic nitrogens is 2. The van der Waals surface area contributed by atoms with Crippen molar-refractivity contribution in [2.75, 3.05) is 39.3 Å². The summed E-state index contributed by atoms with van der Waals surface area (Å²) >= 11 is 0. The van der Waals surface area contributed by atoms with Crippen LogP contribution >= 0.6 is 0 Å². The first-order chi connectivity index (χ1) is 10.1. The van der Waals surface area contributed by atoms with E-state index in [4.69, 9.17) is 9.84 Å². The number of hydrogen-bond donors (Lipinski definition) is 1. The Hall–Kier alpha value is -1.85. The van der Waals surface area contributed by atoms with Gasteiger partial charge in [-0.15, -0.1) is 0 Å². The van der Waals surface area contributed by atoms with Gasteiger partial charge < -0.3 is 15.0 Å². The topological polar surface area (TPSA) is 42.3 Å². The Morgan fingerprint density at radius 1 is 1.24 bits per heavy atom. The molecule has 0 amide bonds. The van der Waals surface area contributed by atoms with Crippen LogP contribution in [0.5, 0.6) is 0 Å². The van der Waals surface area contributed by atoms with E-state index in [0.717, 1.165) is 30.3 Å². The fraction of sp³-hybridized carbons (Fsp3) is 0.438. The highest BCUT2D eigenvalue weighted by Crippen LogP contribution is 2.25. The maximum Gasteiger partial charge on any atom is 0.136 e. The van der Waals surface area contributed by atoms with Gasteiger partial charge in [-0.2, -0.15) is 5.10 Å². The van der Waals surface area contributed by atoms with E-state index in [1.54, 1.807) is 7.11 Å². The van der Waals surface area contributed by atoms with Crippen LogP contribution in [0.25, 0.3) is 5.69 Å². The van der Waals surface area contributed by atoms with Gasteiger partial charge in [-0.05, 0) is 19.1 Å². The zero-order valence-corrected chi connectivity index (χ0v) is 13.3. The molecule has 0 spiro atoms. The lowest BCUT2D eigenvalue weighted by Gasteiger charge is -2.17. The first-order valence-electron chi connectivity index (χ1n) is 7.16. The molecule has 5 heteroatoms. The second-order valence-electron chi connectivity index (χ2n) is 5.20. The summed E-state index contributed by atoms with van der Waals surface area (Å²) in [5, 5.41) is 8.10. The molecule has 2 aromatic rings. The first kappa shape index (κ1) is 15.5. The van der Waals surface area contributed by atoms with Gasteiger partial charge in [-0.1, -0.05) is 18.2 Å². The van der Waals surface area contributed by atoms with Gasteiger partial charge in [0, 0.05) is 39.9 Å². The van der Waals surface area contributed by atoms with E-state index in [9.17, 15) is 0 Å². The largest absolute Gasteiger partial charge is 0.383 e. The van der Waals surface area contributed by atoms with Crippen molar-refractivity contribution in [1.82, 2.24) is 15.1 Å². The van der Waals surface area contributed by atoms with Crippen LogP contribution in [0.1, 0.15) is 11.3 Å². The molecular weight excluding hydrogens is 264 g/mol. The third-order valence-electron chi connectivity index (χ3n) is 3.37. The maximum atomic E-state index is 5.07. The van der Waals surface area contributed by atoms with Gasteiger partial charge in [0.1, 0.15) is 5.82 Å². The Kier molecular flexibility index (Phi) is 5.36. The number of anilines is 1. The first-order valence-corrected chi connectivity index (χ1v) is 7.16. The van der Waals surface area contributed by atoms with Crippen LogP contribution in [0.3, 0.4) is 0 Å². The number of ether oxygens (including phenoxy) is 1. The molecule has 1 N–H and O–H groups in total. The molecule has 1 heterocycles. The Morgan fingerprint density at radius 2 is 1.95 bits per heavy atom. The number of methoxy groups -OCH3 is 1. The Bertz CT molecular complexity index is 563. The summed E-state index contributed by atoms with van der Waals surface area (Å²) in [4.78, 5) is 2.11. The number of nitrogens with zero attached hydrogens (tertiary/aromatic N) is 3. The molecule has 21 heavy (non-hydrogen) atoms. The predicted molar refractivity (Wildman–Crippen MR) is 86.2 cm³/mol. The lowest BCUT2D eigenvalue weighted by molar-refractivity contribution is 0.199. The molecule has 114 valence electrons. The van der Waals surface area contributed by atoms with Crippen molar-refractivity contribution < 1.29 is 4.74 Å². The number of aryl methyl sites for hydroxylation is 1. The van der Waals surface area contributed by atoms with Gasteiger partial charge in [0.15, 0.2) is 0 Å². The van der Waals surface area contributed by atoms with Gasteiger partial charge in [0.2, 0.25) is 0 Å². The van der Waals surface area contributed by atoms with Gasteiger partial charge in [0.05, 0.1) is 18.0 Å². The van der Waals surface area contributed by atoms with Crippen LogP contribution in [-0.2, 0) is 11.3 Å². The van der Waals surface area contributed by atoms with E-state index in [0.29, 0.717) is 6.61 Å². The third-order valence-corrected chi connectivity index (χ3v) is 3.37. The summed E-state index contributed by atoms with van der Waals surface area (Å²) in [5.41, 5.74) is 3.35. The SMILES string of the molecule is COCCNCc1c(C)nn(-c2ccccc2)c1N(C)C. The van der Waals surface area contributed by atoms with Crippen LogP contribution in [-0.4, -0.2) is 44.1 Å². The van der Waals surface area contributed by atoms with Crippen molar-refractivity contribution in [3.05, 3.63) is 41.6 Å². The molecule has 0 aliphatic carbocycles. The smallest absolute Gasteiger partial charge is 0.136 e. The summed E-state index contributed by atoms with van der Waals surface area (Å²) in [5.74, 6) is 1.11. The van der Waals surface area contributed by atoms with E-state index in [-0.39, 0.29) is 0 Å². The molecule has 0 aliphatic rings. The molecule has 0 saturated heterocycles. The lowest BCUT2D eigenvalue weighted by Crippen LogP contribution is -2.21. The quantitative estimate of drug-likeness (QED) is 0.791. The number of rotatable bonds is 7. The third kappa shape index (κ3) is 3.62. The van der Waals surface area contributed by atoms with E-state index >= 15 is 0 Å². The van der Waals surface area contributed by atoms with Gasteiger partial charge in [-0.25, -0.2) is 4.68 Å². The maximum absolute atomic E-state index is 5.07. The number of hydrogen-bond acceptors (Lipinski definition) is 4. The van der Waals surface area contributed by atoms with Crippen molar-refractivity contribution >= 4 is 5.82 Å². The van der Waals surface area contributed by atoms with Crippen LogP contribution in [0.2, 0.25) is 0 Å². The summed E-state index contributed by atoms with van der Waals surface area (Å²) in [6, 6.07) is 10.2. The predicted octanol–water partition coefficient (Wildman–Crippen LogP) is 1.98. The summed E-state index contributed by atoms with van der Waals surface area (Å²) in [6.45, 7) is 4.39. The number of para-hydroxylation sites is 1. The van der Waals surface area contributed by atoms with E-state index < -0.39 is 0 Å². The summed E-state index contributed by atoms with van der Waals surface area (Å²) in [7, 11) is 5.81. The van der Waals surface area contributed by atoms with E-state index in [1.165, 1.54) is 5.56 Å². The molecule has 0 unspecified atom stereocenters. The summed E-state index contributed by atoms with van der Waals surface area (Å²) in [6.07, 6.45) is 0. The highest BCUT2D eigenvalue weighted by Gasteiger charge is 2.17. The Balaban J connectivity index is 2.31. The molecule has 0 fully saturated rings. The molecule has 0 aliphatic heterocycles. The highest BCUT2D eigenvalue weighted by atomic mass is 16.5. The molecule has 0 bridgehead atoms. The molecular formula is C16H24N4O. The van der Waals surface area contributed by atoms with Crippen LogP contribution in [0, 0.1) is 6.92 Å². The average Bonchev–Trinajstić information content (AvgIpc) is 2.82. The second-order valence-corrected chi connectivity index (χ2v) is 5.20. The monoisotopic (exact) mass is 288 g/mol. The van der Waals surface area contributed by atoms with Crippen molar-refractivity contribution in [2.24, 2.45) is 0 Å². The van der Waals surface area contributed by atoms with Crippen molar-refractivity contribution in [2.45, 2.75) is 13.5 Å². The number of nitrogens with one attached hydrogen (secondary N) is 1. The molecule has 2 rings (SSSR count). The lowest BCUT2D eigenvalue weighted by atomic mass is 10.2. The van der Waals surface area contributed by atoms with Crippen molar-refractivity contribution in [1.29, 1.82) is 0 Å². The van der Waals surface area contributed by atoms with Gasteiger partial charge >= 0.3 is 0 Å². The molecule has 0 atom stereocenters. The fourth-order valence-electron chi connectivity index (χ4n) is 2.35. The van der Waals surface area contributed by atoms with Crippen LogP contribution < -0.4 is 10.2 Å². The standard InChI is InChI=1S/C16H24N4O/c1-13-15(12-17-10-11-21-4)16(19(2)3)20(18-13)14-8-6-5-7-9-14/h5-9,17H,10-12H2,1-4H3. The van der Waals surface area contributed by atoms with E-state index in [1.807, 2.05) is 22.9 Å². The molecule has 1 aromatic heterocycles. The zero-order valence-electron chi connectivity index (χ0n) is 13.3. The highest BCUT2D eigenvalue weighted by molar-refractivity contribution is 5.54. The molecule has 5 nitrogen and oxygen atoms in total. The fourth-order valence-corrected chi connectivity index (χ4v) is 2.35. The van der Waals surface area contributed by atoms with Crippen LogP contribution in [0.15, 0.2) is 30.3 Å². The van der Waals surface area contributed by atoms with Crippen molar-refractivity contribution in [3.8, 4) is 5.69 Å².